The number of anilines is 1. The zero-order valence-corrected chi connectivity index (χ0v) is 12.0. The van der Waals surface area contributed by atoms with E-state index in [2.05, 4.69) is 5.32 Å². The van der Waals surface area contributed by atoms with Crippen LogP contribution in [-0.2, 0) is 4.79 Å². The molecule has 0 fully saturated rings. The Morgan fingerprint density at radius 3 is 2.77 bits per heavy atom. The van der Waals surface area contributed by atoms with Gasteiger partial charge in [0.05, 0.1) is 11.6 Å². The van der Waals surface area contributed by atoms with Gasteiger partial charge in [0, 0.05) is 5.56 Å². The molecule has 22 heavy (non-hydrogen) atoms. The zero-order chi connectivity index (χ0) is 15.7. The number of carbonyl (C=O) groups is 1. The molecular formula is C17H16FNO3. The fourth-order valence-corrected chi connectivity index (χ4v) is 2.55. The Balaban J connectivity index is 1.83. The monoisotopic (exact) mass is 301 g/mol. The number of halogens is 1. The van der Waals surface area contributed by atoms with Gasteiger partial charge in [0.15, 0.2) is 0 Å². The van der Waals surface area contributed by atoms with Crippen LogP contribution in [0.1, 0.15) is 30.1 Å². The zero-order valence-electron chi connectivity index (χ0n) is 12.0. The van der Waals surface area contributed by atoms with E-state index in [0.717, 1.165) is 0 Å². The number of hydrogen-bond donors (Lipinski definition) is 2. The fraction of sp³-hybridized carbons (Fsp3) is 0.235. The number of nitrogens with one attached hydrogen (secondary N) is 1. The van der Waals surface area contributed by atoms with Crippen LogP contribution >= 0.6 is 0 Å². The maximum Gasteiger partial charge on any atom is 0.231 e. The summed E-state index contributed by atoms with van der Waals surface area (Å²) >= 11 is 0. The molecule has 0 aliphatic carbocycles. The topological polar surface area (TPSA) is 58.6 Å². The summed E-state index contributed by atoms with van der Waals surface area (Å²) in [5, 5.41) is 13.0. The number of aliphatic hydroxyl groups is 1. The highest BCUT2D eigenvalue weighted by molar-refractivity contribution is 6.03. The summed E-state index contributed by atoms with van der Waals surface area (Å²) in [6.45, 7) is 1.68. The molecule has 0 spiro atoms. The minimum Gasteiger partial charge on any atom is -0.491 e. The van der Waals surface area contributed by atoms with E-state index in [1.54, 1.807) is 19.1 Å². The van der Waals surface area contributed by atoms with E-state index < -0.39 is 17.8 Å². The highest BCUT2D eigenvalue weighted by Crippen LogP contribution is 2.38. The van der Waals surface area contributed by atoms with Gasteiger partial charge in [-0.2, -0.15) is 0 Å². The van der Waals surface area contributed by atoms with Gasteiger partial charge in [0.2, 0.25) is 5.91 Å². The number of hydrogen-bond acceptors (Lipinski definition) is 3. The quantitative estimate of drug-likeness (QED) is 0.912. The molecule has 0 radical (unpaired) electrons. The van der Waals surface area contributed by atoms with Crippen molar-refractivity contribution >= 4 is 11.6 Å². The molecule has 0 aromatic heterocycles. The van der Waals surface area contributed by atoms with Gasteiger partial charge in [0.1, 0.15) is 24.3 Å². The minimum atomic E-state index is -1.03. The van der Waals surface area contributed by atoms with Gasteiger partial charge >= 0.3 is 0 Å². The molecule has 0 saturated carbocycles. The third kappa shape index (κ3) is 2.67. The highest BCUT2D eigenvalue weighted by atomic mass is 19.1. The Kier molecular flexibility index (Phi) is 3.81. The molecule has 5 heteroatoms. The SMILES string of the molecule is CC1C(=O)Nc2c(C(O)COc3ccccc3)cc(F)cc21. The molecule has 3 rings (SSSR count). The van der Waals surface area contributed by atoms with Crippen molar-refractivity contribution in [2.24, 2.45) is 0 Å². The lowest BCUT2D eigenvalue weighted by Crippen LogP contribution is -2.13. The van der Waals surface area contributed by atoms with Crippen molar-refractivity contribution in [3.63, 3.8) is 0 Å². The van der Waals surface area contributed by atoms with Gasteiger partial charge in [0.25, 0.3) is 0 Å². The number of carbonyl (C=O) groups excluding carboxylic acids is 1. The van der Waals surface area contributed by atoms with Crippen molar-refractivity contribution < 1.29 is 19.0 Å². The number of para-hydroxylation sites is 1. The first-order valence-electron chi connectivity index (χ1n) is 7.06. The minimum absolute atomic E-state index is 0.0237. The van der Waals surface area contributed by atoms with Crippen LogP contribution in [0.2, 0.25) is 0 Å². The maximum absolute atomic E-state index is 13.8. The van der Waals surface area contributed by atoms with Crippen LogP contribution < -0.4 is 10.1 Å². The lowest BCUT2D eigenvalue weighted by atomic mass is 9.98. The standard InChI is InChI=1S/C17H16FNO3/c1-10-13-7-11(18)8-14(16(13)19-17(10)21)15(20)9-22-12-5-3-2-4-6-12/h2-8,10,15,20H,9H2,1H3,(H,19,21). The predicted molar refractivity (Wildman–Crippen MR) is 80.3 cm³/mol. The Morgan fingerprint density at radius 2 is 2.05 bits per heavy atom. The molecular weight excluding hydrogens is 285 g/mol. The highest BCUT2D eigenvalue weighted by Gasteiger charge is 2.31. The number of amides is 1. The van der Waals surface area contributed by atoms with E-state index in [1.807, 2.05) is 18.2 Å². The summed E-state index contributed by atoms with van der Waals surface area (Å²) in [4.78, 5) is 11.8. The summed E-state index contributed by atoms with van der Waals surface area (Å²) in [6, 6.07) is 11.6. The molecule has 2 N–H and O–H groups in total. The molecule has 1 aliphatic rings. The number of aliphatic hydroxyl groups excluding tert-OH is 1. The third-order valence-electron chi connectivity index (χ3n) is 3.78. The second-order valence-electron chi connectivity index (χ2n) is 5.31. The normalized spacial score (nSPS) is 17.8. The van der Waals surface area contributed by atoms with Crippen molar-refractivity contribution in [2.45, 2.75) is 18.9 Å². The van der Waals surface area contributed by atoms with Crippen molar-refractivity contribution in [1.82, 2.24) is 0 Å². The van der Waals surface area contributed by atoms with E-state index >= 15 is 0 Å². The largest absolute Gasteiger partial charge is 0.491 e. The van der Waals surface area contributed by atoms with Crippen LogP contribution in [0.25, 0.3) is 0 Å². The number of fused-ring (bicyclic) bond motifs is 1. The molecule has 4 nitrogen and oxygen atoms in total. The Bertz CT molecular complexity index is 703. The number of ether oxygens (including phenoxy) is 1. The smallest absolute Gasteiger partial charge is 0.231 e. The number of rotatable bonds is 4. The second kappa shape index (κ2) is 5.77. The summed E-state index contributed by atoms with van der Waals surface area (Å²) < 4.78 is 19.2. The molecule has 2 aromatic rings. The van der Waals surface area contributed by atoms with Crippen LogP contribution in [0, 0.1) is 5.82 Å². The van der Waals surface area contributed by atoms with Gasteiger partial charge in [-0.3, -0.25) is 4.79 Å². The molecule has 114 valence electrons. The van der Waals surface area contributed by atoms with E-state index in [0.29, 0.717) is 22.6 Å². The molecule has 0 bridgehead atoms. The van der Waals surface area contributed by atoms with Gasteiger partial charge in [-0.25, -0.2) is 4.39 Å². The van der Waals surface area contributed by atoms with Crippen LogP contribution in [-0.4, -0.2) is 17.6 Å². The first kappa shape index (κ1) is 14.5. The maximum atomic E-state index is 13.8. The van der Waals surface area contributed by atoms with Crippen LogP contribution in [0.3, 0.4) is 0 Å². The summed E-state index contributed by atoms with van der Waals surface area (Å²) in [7, 11) is 0. The van der Waals surface area contributed by atoms with E-state index in [-0.39, 0.29) is 12.5 Å². The van der Waals surface area contributed by atoms with Gasteiger partial charge in [-0.15, -0.1) is 0 Å². The van der Waals surface area contributed by atoms with Crippen LogP contribution in [0.5, 0.6) is 5.75 Å². The molecule has 0 saturated heterocycles. The van der Waals surface area contributed by atoms with Crippen LogP contribution in [0.15, 0.2) is 42.5 Å². The average molecular weight is 301 g/mol. The fourth-order valence-electron chi connectivity index (χ4n) is 2.55. The second-order valence-corrected chi connectivity index (χ2v) is 5.31. The first-order valence-corrected chi connectivity index (χ1v) is 7.06. The molecule has 1 amide bonds. The first-order chi connectivity index (χ1) is 10.6. The average Bonchev–Trinajstić information content (AvgIpc) is 2.81. The van der Waals surface area contributed by atoms with E-state index in [4.69, 9.17) is 4.74 Å². The van der Waals surface area contributed by atoms with Crippen molar-refractivity contribution in [1.29, 1.82) is 0 Å². The third-order valence-corrected chi connectivity index (χ3v) is 3.78. The predicted octanol–water partition coefficient (Wildman–Crippen LogP) is 2.99. The van der Waals surface area contributed by atoms with Gasteiger partial charge < -0.3 is 15.2 Å². The Labute approximate surface area is 127 Å². The molecule has 2 atom stereocenters. The lowest BCUT2D eigenvalue weighted by Gasteiger charge is -2.16. The van der Waals surface area contributed by atoms with Crippen LogP contribution in [0.4, 0.5) is 10.1 Å². The van der Waals surface area contributed by atoms with Gasteiger partial charge in [-0.05, 0) is 36.8 Å². The molecule has 1 aliphatic heterocycles. The van der Waals surface area contributed by atoms with Gasteiger partial charge in [-0.1, -0.05) is 18.2 Å². The summed E-state index contributed by atoms with van der Waals surface area (Å²) in [5.41, 5.74) is 1.39. The lowest BCUT2D eigenvalue weighted by molar-refractivity contribution is -0.116. The Hall–Kier alpha value is -2.40. The number of benzene rings is 2. The summed E-state index contributed by atoms with van der Waals surface area (Å²) in [6.07, 6.45) is -1.03. The van der Waals surface area contributed by atoms with Crippen molar-refractivity contribution in [2.75, 3.05) is 11.9 Å². The summed E-state index contributed by atoms with van der Waals surface area (Å²) in [5.74, 6) is -0.479. The Morgan fingerprint density at radius 1 is 1.32 bits per heavy atom. The van der Waals surface area contributed by atoms with E-state index in [1.165, 1.54) is 12.1 Å². The van der Waals surface area contributed by atoms with E-state index in [9.17, 15) is 14.3 Å². The molecule has 2 aromatic carbocycles. The van der Waals surface area contributed by atoms with Crippen molar-refractivity contribution in [3.8, 4) is 5.75 Å². The molecule has 2 unspecified atom stereocenters. The van der Waals surface area contributed by atoms with Crippen molar-refractivity contribution in [3.05, 3.63) is 59.4 Å². The molecule has 1 heterocycles.